The van der Waals surface area contributed by atoms with E-state index in [9.17, 15) is 14.4 Å². The standard InChI is InChI=1S/C25H29IN4O5/c1-14-17(29-24(33)35-25(2,3)4)11-12-18-20(14)22(32)34-23(27-18)28-19(21(31)30(5)6)13-15-7-9-16(26)10-8-15/h7-12,19H,13H2,1-6H3,(H,27,28)(H,29,33). The highest BCUT2D eigenvalue weighted by molar-refractivity contribution is 14.1. The molecule has 35 heavy (non-hydrogen) atoms. The normalized spacial score (nSPS) is 12.2. The molecular weight excluding hydrogens is 563 g/mol. The summed E-state index contributed by atoms with van der Waals surface area (Å²) in [6, 6.07) is 10.3. The van der Waals surface area contributed by atoms with E-state index in [1.807, 2.05) is 24.3 Å². The molecule has 0 aliphatic heterocycles. The van der Waals surface area contributed by atoms with Gasteiger partial charge >= 0.3 is 11.7 Å². The number of aryl methyl sites for hydroxylation is 1. The highest BCUT2D eigenvalue weighted by atomic mass is 127. The van der Waals surface area contributed by atoms with Gasteiger partial charge in [-0.25, -0.2) is 9.59 Å². The van der Waals surface area contributed by atoms with Gasteiger partial charge in [0.1, 0.15) is 11.6 Å². The van der Waals surface area contributed by atoms with Crippen LogP contribution >= 0.6 is 22.6 Å². The predicted molar refractivity (Wildman–Crippen MR) is 144 cm³/mol. The molecule has 10 heteroatoms. The van der Waals surface area contributed by atoms with Gasteiger partial charge in [-0.2, -0.15) is 4.98 Å². The SMILES string of the molecule is Cc1c(NC(=O)OC(C)(C)C)ccc2nc(NC(Cc3ccc(I)cc3)C(=O)N(C)C)oc(=O)c12. The molecule has 1 heterocycles. The average Bonchev–Trinajstić information content (AvgIpc) is 2.74. The van der Waals surface area contributed by atoms with Gasteiger partial charge in [-0.1, -0.05) is 12.1 Å². The Morgan fingerprint density at radius 3 is 2.40 bits per heavy atom. The Morgan fingerprint density at radius 2 is 1.80 bits per heavy atom. The number of aromatic nitrogens is 1. The van der Waals surface area contributed by atoms with Crippen LogP contribution in [0.15, 0.2) is 45.6 Å². The van der Waals surface area contributed by atoms with Gasteiger partial charge in [0.25, 0.3) is 6.01 Å². The number of hydrogen-bond donors (Lipinski definition) is 2. The first kappa shape index (κ1) is 26.5. The van der Waals surface area contributed by atoms with Gasteiger partial charge in [-0.3, -0.25) is 10.1 Å². The quantitative estimate of drug-likeness (QED) is 0.404. The maximum Gasteiger partial charge on any atom is 0.412 e. The molecule has 1 unspecified atom stereocenters. The number of amides is 2. The minimum Gasteiger partial charge on any atom is -0.444 e. The van der Waals surface area contributed by atoms with Crippen LogP contribution in [0.1, 0.15) is 31.9 Å². The number of carbonyl (C=O) groups is 2. The van der Waals surface area contributed by atoms with Gasteiger partial charge in [-0.15, -0.1) is 0 Å². The van der Waals surface area contributed by atoms with Gasteiger partial charge in [0.2, 0.25) is 5.91 Å². The van der Waals surface area contributed by atoms with E-state index in [1.165, 1.54) is 4.90 Å². The third-order valence-corrected chi connectivity index (χ3v) is 5.80. The Labute approximate surface area is 217 Å². The Kier molecular flexibility index (Phi) is 8.04. The van der Waals surface area contributed by atoms with E-state index in [2.05, 4.69) is 38.2 Å². The molecule has 1 aromatic heterocycles. The molecule has 186 valence electrons. The number of nitrogens with one attached hydrogen (secondary N) is 2. The van der Waals surface area contributed by atoms with Crippen molar-refractivity contribution in [2.75, 3.05) is 24.7 Å². The second kappa shape index (κ2) is 10.6. The zero-order chi connectivity index (χ0) is 25.9. The van der Waals surface area contributed by atoms with Crippen molar-refractivity contribution >= 4 is 57.2 Å². The number of ether oxygens (including phenoxy) is 1. The highest BCUT2D eigenvalue weighted by Crippen LogP contribution is 2.24. The summed E-state index contributed by atoms with van der Waals surface area (Å²) in [6.07, 6.45) is -0.244. The molecule has 0 spiro atoms. The first-order valence-electron chi connectivity index (χ1n) is 11.0. The fourth-order valence-corrected chi connectivity index (χ4v) is 3.81. The number of carbonyl (C=O) groups excluding carboxylic acids is 2. The number of nitrogens with zero attached hydrogens (tertiary/aromatic N) is 2. The lowest BCUT2D eigenvalue weighted by atomic mass is 10.1. The average molecular weight is 592 g/mol. The summed E-state index contributed by atoms with van der Waals surface area (Å²) in [5.74, 6) is -0.179. The maximum absolute atomic E-state index is 12.9. The number of halogens is 1. The number of benzene rings is 2. The third-order valence-electron chi connectivity index (χ3n) is 5.08. The highest BCUT2D eigenvalue weighted by Gasteiger charge is 2.24. The minimum absolute atomic E-state index is 0.0551. The maximum atomic E-state index is 12.9. The molecule has 9 nitrogen and oxygen atoms in total. The molecular formula is C25H29IN4O5. The molecule has 1 atom stereocenters. The molecule has 0 fully saturated rings. The van der Waals surface area contributed by atoms with E-state index in [4.69, 9.17) is 9.15 Å². The first-order chi connectivity index (χ1) is 16.3. The van der Waals surface area contributed by atoms with Crippen molar-refractivity contribution in [1.82, 2.24) is 9.88 Å². The largest absolute Gasteiger partial charge is 0.444 e. The van der Waals surface area contributed by atoms with Crippen LogP contribution in [0, 0.1) is 10.5 Å². The summed E-state index contributed by atoms with van der Waals surface area (Å²) >= 11 is 2.22. The number of fused-ring (bicyclic) bond motifs is 1. The smallest absolute Gasteiger partial charge is 0.412 e. The summed E-state index contributed by atoms with van der Waals surface area (Å²) in [4.78, 5) is 43.8. The molecule has 2 N–H and O–H groups in total. The van der Waals surface area contributed by atoms with Crippen molar-refractivity contribution in [3.63, 3.8) is 0 Å². The second-order valence-corrected chi connectivity index (χ2v) is 10.6. The van der Waals surface area contributed by atoms with Gasteiger partial charge in [0, 0.05) is 29.8 Å². The van der Waals surface area contributed by atoms with Crippen LogP contribution in [-0.4, -0.2) is 47.6 Å². The molecule has 0 aliphatic carbocycles. The van der Waals surface area contributed by atoms with Crippen LogP contribution in [0.25, 0.3) is 10.9 Å². The Balaban J connectivity index is 1.90. The zero-order valence-electron chi connectivity index (χ0n) is 20.6. The van der Waals surface area contributed by atoms with Gasteiger partial charge in [0.05, 0.1) is 10.9 Å². The van der Waals surface area contributed by atoms with Crippen LogP contribution in [0.5, 0.6) is 0 Å². The van der Waals surface area contributed by atoms with Crippen LogP contribution < -0.4 is 16.3 Å². The van der Waals surface area contributed by atoms with E-state index < -0.39 is 23.4 Å². The topological polar surface area (TPSA) is 114 Å². The van der Waals surface area contributed by atoms with Gasteiger partial charge in [0.15, 0.2) is 0 Å². The number of rotatable bonds is 6. The number of anilines is 2. The summed E-state index contributed by atoms with van der Waals surface area (Å²) in [7, 11) is 3.33. The van der Waals surface area contributed by atoms with Gasteiger partial charge < -0.3 is 19.4 Å². The molecule has 3 aromatic rings. The zero-order valence-corrected chi connectivity index (χ0v) is 22.7. The molecule has 3 rings (SSSR count). The predicted octanol–water partition coefficient (Wildman–Crippen LogP) is 4.56. The van der Waals surface area contributed by atoms with Crippen molar-refractivity contribution < 1.29 is 18.7 Å². The molecule has 0 saturated heterocycles. The van der Waals surface area contributed by atoms with Crippen LogP contribution in [0.2, 0.25) is 0 Å². The van der Waals surface area contributed by atoms with Crippen molar-refractivity contribution in [3.05, 3.63) is 61.5 Å². The summed E-state index contributed by atoms with van der Waals surface area (Å²) in [5, 5.41) is 5.88. The fraction of sp³-hybridized carbons (Fsp3) is 0.360. The van der Waals surface area contributed by atoms with Crippen molar-refractivity contribution in [2.45, 2.75) is 45.8 Å². The molecule has 2 amide bonds. The molecule has 0 radical (unpaired) electrons. The van der Waals surface area contributed by atoms with Crippen LogP contribution in [-0.2, 0) is 16.0 Å². The van der Waals surface area contributed by atoms with E-state index in [-0.39, 0.29) is 17.3 Å². The first-order valence-corrected chi connectivity index (χ1v) is 12.1. The monoisotopic (exact) mass is 592 g/mol. The molecule has 0 aliphatic rings. The second-order valence-electron chi connectivity index (χ2n) is 9.33. The Hall–Kier alpha value is -3.15. The minimum atomic E-state index is -0.688. The van der Waals surface area contributed by atoms with E-state index in [0.29, 0.717) is 23.2 Å². The van der Waals surface area contributed by atoms with E-state index in [1.54, 1.807) is 53.9 Å². The lowest BCUT2D eigenvalue weighted by molar-refractivity contribution is -0.129. The van der Waals surface area contributed by atoms with E-state index >= 15 is 0 Å². The summed E-state index contributed by atoms with van der Waals surface area (Å²) in [5.41, 5.74) is 0.959. The third kappa shape index (κ3) is 6.93. The van der Waals surface area contributed by atoms with Crippen LogP contribution in [0.3, 0.4) is 0 Å². The number of hydrogen-bond acceptors (Lipinski definition) is 7. The van der Waals surface area contributed by atoms with Crippen LogP contribution in [0.4, 0.5) is 16.5 Å². The van der Waals surface area contributed by atoms with Crippen molar-refractivity contribution in [3.8, 4) is 0 Å². The molecule has 0 saturated carbocycles. The lowest BCUT2D eigenvalue weighted by Crippen LogP contribution is -2.40. The fourth-order valence-electron chi connectivity index (χ4n) is 3.45. The Bertz CT molecular complexity index is 1300. The molecule has 0 bridgehead atoms. The van der Waals surface area contributed by atoms with E-state index in [0.717, 1.165) is 9.13 Å². The summed E-state index contributed by atoms with van der Waals surface area (Å²) < 4.78 is 11.8. The molecule has 2 aromatic carbocycles. The van der Waals surface area contributed by atoms with Crippen molar-refractivity contribution in [1.29, 1.82) is 0 Å². The Morgan fingerprint density at radius 1 is 1.14 bits per heavy atom. The van der Waals surface area contributed by atoms with Crippen molar-refractivity contribution in [2.24, 2.45) is 0 Å². The summed E-state index contributed by atoms with van der Waals surface area (Å²) in [6.45, 7) is 6.98. The lowest BCUT2D eigenvalue weighted by Gasteiger charge is -2.22. The van der Waals surface area contributed by atoms with Gasteiger partial charge in [-0.05, 0) is 85.7 Å². The number of likely N-dealkylation sites (N-methyl/N-ethyl adjacent to an activating group) is 1.